The van der Waals surface area contributed by atoms with Gasteiger partial charge in [0.1, 0.15) is 17.0 Å². The maximum absolute atomic E-state index is 5.89. The predicted molar refractivity (Wildman–Crippen MR) is 73.5 cm³/mol. The van der Waals surface area contributed by atoms with Crippen LogP contribution in [0.25, 0.3) is 21.9 Å². The van der Waals surface area contributed by atoms with Crippen LogP contribution in [0, 0.1) is 0 Å². The molecule has 0 radical (unpaired) electrons. The normalized spacial score (nSPS) is 11.1. The summed E-state index contributed by atoms with van der Waals surface area (Å²) >= 11 is 0. The number of aryl methyl sites for hydroxylation is 1. The van der Waals surface area contributed by atoms with Crippen molar-refractivity contribution in [2.24, 2.45) is 7.05 Å². The molecule has 2 N–H and O–H groups in total. The van der Waals surface area contributed by atoms with E-state index in [0.717, 1.165) is 27.7 Å². The molecule has 0 aliphatic rings. The number of aromatic nitrogens is 3. The van der Waals surface area contributed by atoms with Crippen LogP contribution >= 0.6 is 0 Å². The molecule has 0 saturated heterocycles. The van der Waals surface area contributed by atoms with E-state index in [1.165, 1.54) is 0 Å². The lowest BCUT2D eigenvalue weighted by Gasteiger charge is -2.09. The number of nitrogens with zero attached hydrogens (tertiary/aromatic N) is 3. The van der Waals surface area contributed by atoms with Crippen molar-refractivity contribution >= 4 is 27.8 Å². The zero-order valence-electron chi connectivity index (χ0n) is 11.0. The average molecular weight is 258 g/mol. The van der Waals surface area contributed by atoms with Gasteiger partial charge in [0.15, 0.2) is 11.5 Å². The quantitative estimate of drug-likeness (QED) is 0.757. The molecule has 0 fully saturated rings. The van der Waals surface area contributed by atoms with Gasteiger partial charge in [0.2, 0.25) is 0 Å². The Morgan fingerprint density at radius 1 is 1.11 bits per heavy atom. The fourth-order valence-corrected chi connectivity index (χ4v) is 2.24. The van der Waals surface area contributed by atoms with Gasteiger partial charge in [-0.25, -0.2) is 9.67 Å². The van der Waals surface area contributed by atoms with E-state index in [9.17, 15) is 0 Å². The molecule has 19 heavy (non-hydrogen) atoms. The molecule has 0 aliphatic carbocycles. The number of hydrogen-bond donors (Lipinski definition) is 1. The molecule has 0 atom stereocenters. The van der Waals surface area contributed by atoms with Crippen molar-refractivity contribution in [2.45, 2.75) is 0 Å². The van der Waals surface area contributed by atoms with Gasteiger partial charge in [0.05, 0.1) is 19.6 Å². The molecular formula is C13H14N4O2. The summed E-state index contributed by atoms with van der Waals surface area (Å²) in [6.07, 6.45) is 0. The summed E-state index contributed by atoms with van der Waals surface area (Å²) in [7, 11) is 5.05. The molecule has 0 bridgehead atoms. The lowest BCUT2D eigenvalue weighted by molar-refractivity contribution is 0.410. The van der Waals surface area contributed by atoms with Gasteiger partial charge in [-0.15, -0.1) is 0 Å². The fraction of sp³-hybridized carbons (Fsp3) is 0.231. The van der Waals surface area contributed by atoms with Crippen molar-refractivity contribution in [2.75, 3.05) is 20.0 Å². The second-order valence-electron chi connectivity index (χ2n) is 4.23. The Bertz CT molecular complexity index is 716. The van der Waals surface area contributed by atoms with Crippen LogP contribution in [0.1, 0.15) is 0 Å². The van der Waals surface area contributed by atoms with Crippen molar-refractivity contribution in [3.8, 4) is 11.5 Å². The van der Waals surface area contributed by atoms with Crippen molar-refractivity contribution in [3.05, 3.63) is 18.2 Å². The lowest BCUT2D eigenvalue weighted by atomic mass is 10.1. The number of rotatable bonds is 2. The van der Waals surface area contributed by atoms with Crippen LogP contribution in [-0.2, 0) is 7.05 Å². The molecule has 3 rings (SSSR count). The summed E-state index contributed by atoms with van der Waals surface area (Å²) in [6, 6.07) is 5.61. The molecule has 0 amide bonds. The zero-order valence-corrected chi connectivity index (χ0v) is 11.0. The number of methoxy groups -OCH3 is 2. The van der Waals surface area contributed by atoms with E-state index in [1.807, 2.05) is 25.2 Å². The van der Waals surface area contributed by atoms with Crippen LogP contribution in [0.5, 0.6) is 11.5 Å². The van der Waals surface area contributed by atoms with Gasteiger partial charge in [-0.05, 0) is 18.2 Å². The van der Waals surface area contributed by atoms with Gasteiger partial charge >= 0.3 is 0 Å². The second kappa shape index (κ2) is 4.01. The zero-order chi connectivity index (χ0) is 13.6. The standard InChI is InChI=1S/C13H14N4O2/c1-17-13-8(12(14)16-17)6-7-9(18-2)4-5-10(19-3)11(7)15-13/h4-6H,1-3H3,(H2,14,16). The minimum atomic E-state index is 0.455. The lowest BCUT2D eigenvalue weighted by Crippen LogP contribution is -1.95. The topological polar surface area (TPSA) is 75.2 Å². The maximum Gasteiger partial charge on any atom is 0.160 e. The van der Waals surface area contributed by atoms with E-state index in [4.69, 9.17) is 15.2 Å². The SMILES string of the molecule is COc1ccc(OC)c2nc3c(cc12)c(N)nn3C. The average Bonchev–Trinajstić information content (AvgIpc) is 2.70. The number of hydrogen-bond acceptors (Lipinski definition) is 5. The molecule has 3 aromatic rings. The fourth-order valence-electron chi connectivity index (χ4n) is 2.24. The summed E-state index contributed by atoms with van der Waals surface area (Å²) in [5.41, 5.74) is 7.34. The number of nitrogen functional groups attached to an aromatic ring is 1. The molecule has 1 aromatic carbocycles. The molecule has 0 aliphatic heterocycles. The number of benzene rings is 1. The van der Waals surface area contributed by atoms with Crippen molar-refractivity contribution < 1.29 is 9.47 Å². The highest BCUT2D eigenvalue weighted by atomic mass is 16.5. The van der Waals surface area contributed by atoms with Crippen molar-refractivity contribution in [3.63, 3.8) is 0 Å². The first-order valence-corrected chi connectivity index (χ1v) is 5.79. The van der Waals surface area contributed by atoms with E-state index in [1.54, 1.807) is 18.9 Å². The third-order valence-electron chi connectivity index (χ3n) is 3.17. The minimum absolute atomic E-state index is 0.455. The highest BCUT2D eigenvalue weighted by Gasteiger charge is 2.14. The molecule has 98 valence electrons. The van der Waals surface area contributed by atoms with E-state index in [-0.39, 0.29) is 0 Å². The third kappa shape index (κ3) is 1.56. The summed E-state index contributed by atoms with van der Waals surface area (Å²) < 4.78 is 12.4. The van der Waals surface area contributed by atoms with Gasteiger partial charge in [-0.2, -0.15) is 5.10 Å². The highest BCUT2D eigenvalue weighted by Crippen LogP contribution is 2.34. The van der Waals surface area contributed by atoms with Crippen molar-refractivity contribution in [1.29, 1.82) is 0 Å². The van der Waals surface area contributed by atoms with E-state index in [2.05, 4.69) is 10.1 Å². The molecule has 2 aromatic heterocycles. The number of fused-ring (bicyclic) bond motifs is 2. The molecule has 0 spiro atoms. The number of ether oxygens (including phenoxy) is 2. The summed E-state index contributed by atoms with van der Waals surface area (Å²) in [4.78, 5) is 4.59. The molecule has 0 saturated carbocycles. The van der Waals surface area contributed by atoms with Crippen LogP contribution in [0.15, 0.2) is 18.2 Å². The maximum atomic E-state index is 5.89. The Balaban J connectivity index is 2.50. The Kier molecular flexibility index (Phi) is 2.45. The van der Waals surface area contributed by atoms with Crippen LogP contribution in [0.2, 0.25) is 0 Å². The first-order chi connectivity index (χ1) is 9.15. The van der Waals surface area contributed by atoms with E-state index in [0.29, 0.717) is 11.6 Å². The molecule has 6 heteroatoms. The highest BCUT2D eigenvalue weighted by molar-refractivity contribution is 6.01. The number of anilines is 1. The van der Waals surface area contributed by atoms with Crippen LogP contribution < -0.4 is 15.2 Å². The summed E-state index contributed by atoms with van der Waals surface area (Å²) in [5, 5.41) is 5.84. The summed E-state index contributed by atoms with van der Waals surface area (Å²) in [5.74, 6) is 1.88. The molecule has 2 heterocycles. The summed E-state index contributed by atoms with van der Waals surface area (Å²) in [6.45, 7) is 0. The molecular weight excluding hydrogens is 244 g/mol. The van der Waals surface area contributed by atoms with Crippen molar-refractivity contribution in [1.82, 2.24) is 14.8 Å². The van der Waals surface area contributed by atoms with Gasteiger partial charge in [-0.1, -0.05) is 0 Å². The van der Waals surface area contributed by atoms with Gasteiger partial charge in [0, 0.05) is 12.4 Å². The van der Waals surface area contributed by atoms with Crippen LogP contribution in [0.4, 0.5) is 5.82 Å². The van der Waals surface area contributed by atoms with Crippen LogP contribution in [0.3, 0.4) is 0 Å². The monoisotopic (exact) mass is 258 g/mol. The number of pyridine rings is 1. The smallest absolute Gasteiger partial charge is 0.160 e. The predicted octanol–water partition coefficient (Wildman–Crippen LogP) is 1.72. The van der Waals surface area contributed by atoms with E-state index >= 15 is 0 Å². The Morgan fingerprint density at radius 2 is 1.79 bits per heavy atom. The van der Waals surface area contributed by atoms with Gasteiger partial charge < -0.3 is 15.2 Å². The number of nitrogens with two attached hydrogens (primary N) is 1. The first kappa shape index (κ1) is 11.6. The molecule has 0 unspecified atom stereocenters. The third-order valence-corrected chi connectivity index (χ3v) is 3.17. The first-order valence-electron chi connectivity index (χ1n) is 5.79. The minimum Gasteiger partial charge on any atom is -0.496 e. The second-order valence-corrected chi connectivity index (χ2v) is 4.23. The largest absolute Gasteiger partial charge is 0.496 e. The Morgan fingerprint density at radius 3 is 2.47 bits per heavy atom. The molecule has 6 nitrogen and oxygen atoms in total. The van der Waals surface area contributed by atoms with Gasteiger partial charge in [-0.3, -0.25) is 0 Å². The van der Waals surface area contributed by atoms with Gasteiger partial charge in [0.25, 0.3) is 0 Å². The Hall–Kier alpha value is -2.50. The van der Waals surface area contributed by atoms with Crippen LogP contribution in [-0.4, -0.2) is 29.0 Å². The Labute approximate surface area is 109 Å². The van der Waals surface area contributed by atoms with E-state index < -0.39 is 0 Å².